The number of benzene rings is 1. The fourth-order valence-electron chi connectivity index (χ4n) is 3.44. The van der Waals surface area contributed by atoms with Crippen LogP contribution in [0.4, 0.5) is 0 Å². The van der Waals surface area contributed by atoms with E-state index in [-0.39, 0.29) is 0 Å². The number of esters is 1. The molecule has 0 fully saturated rings. The summed E-state index contributed by atoms with van der Waals surface area (Å²) >= 11 is 1.52. The molecule has 198 valence electrons. The maximum atomic E-state index is 11.0. The smallest absolute Gasteiger partial charge is 0.330 e. The average molecular weight is 531 g/mol. The number of ether oxygens (including phenoxy) is 2. The Morgan fingerprint density at radius 3 is 2.37 bits per heavy atom. The van der Waals surface area contributed by atoms with Gasteiger partial charge in [0.2, 0.25) is 5.89 Å². The second-order valence-electron chi connectivity index (χ2n) is 8.63. The predicted octanol–water partition coefficient (Wildman–Crippen LogP) is 6.72. The van der Waals surface area contributed by atoms with E-state index >= 15 is 0 Å². The zero-order valence-electron chi connectivity index (χ0n) is 22.0. The largest absolute Gasteiger partial charge is 0.494 e. The molecule has 2 aromatic heterocycles. The quantitative estimate of drug-likeness (QED) is 0.0997. The Morgan fingerprint density at radius 1 is 0.895 bits per heavy atom. The lowest BCUT2D eigenvalue weighted by Crippen LogP contribution is -2.01. The number of rotatable bonds is 14. The predicted molar refractivity (Wildman–Crippen MR) is 150 cm³/mol. The van der Waals surface area contributed by atoms with Crippen LogP contribution in [0.25, 0.3) is 0 Å². The highest BCUT2D eigenvalue weighted by Crippen LogP contribution is 2.16. The first-order valence-electron chi connectivity index (χ1n) is 13.1. The molecule has 2 heterocycles. The van der Waals surface area contributed by atoms with Crippen molar-refractivity contribution in [2.75, 3.05) is 13.2 Å². The summed E-state index contributed by atoms with van der Waals surface area (Å²) in [6, 6.07) is 11.8. The summed E-state index contributed by atoms with van der Waals surface area (Å²) in [6.07, 6.45) is 10.5. The van der Waals surface area contributed by atoms with Crippen molar-refractivity contribution in [2.45, 2.75) is 64.7 Å². The van der Waals surface area contributed by atoms with E-state index in [1.54, 1.807) is 0 Å². The number of unbranched alkanes of at least 4 members (excludes halogenated alkanes) is 6. The molecule has 0 radical (unpaired) electrons. The van der Waals surface area contributed by atoms with Gasteiger partial charge in [-0.3, -0.25) is 0 Å². The number of hydrogen-bond donors (Lipinski definition) is 0. The third-order valence-corrected chi connectivity index (χ3v) is 6.43. The lowest BCUT2D eigenvalue weighted by Gasteiger charge is -2.05. The summed E-state index contributed by atoms with van der Waals surface area (Å²) in [5.74, 6) is 13.7. The minimum atomic E-state index is -0.394. The van der Waals surface area contributed by atoms with Crippen molar-refractivity contribution in [1.82, 2.24) is 10.2 Å². The van der Waals surface area contributed by atoms with Crippen LogP contribution in [0.2, 0.25) is 0 Å². The van der Waals surface area contributed by atoms with E-state index in [2.05, 4.69) is 47.4 Å². The lowest BCUT2D eigenvalue weighted by atomic mass is 10.2. The van der Waals surface area contributed by atoms with Crippen molar-refractivity contribution in [2.24, 2.45) is 0 Å². The maximum absolute atomic E-state index is 11.0. The number of aromatic nitrogens is 2. The second kappa shape index (κ2) is 16.8. The van der Waals surface area contributed by atoms with Gasteiger partial charge >= 0.3 is 5.97 Å². The Hall–Kier alpha value is -3.81. The molecule has 0 unspecified atom stereocenters. The van der Waals surface area contributed by atoms with Crippen LogP contribution >= 0.6 is 11.3 Å². The molecule has 0 aliphatic heterocycles. The van der Waals surface area contributed by atoms with Gasteiger partial charge in [0.05, 0.1) is 23.0 Å². The minimum Gasteiger partial charge on any atom is -0.494 e. The van der Waals surface area contributed by atoms with Crippen molar-refractivity contribution in [1.29, 1.82) is 0 Å². The Balaban J connectivity index is 1.40. The van der Waals surface area contributed by atoms with Crippen LogP contribution in [-0.2, 0) is 16.0 Å². The maximum Gasteiger partial charge on any atom is 0.330 e. The summed E-state index contributed by atoms with van der Waals surface area (Å²) in [7, 11) is 0. The monoisotopic (exact) mass is 530 g/mol. The number of aryl methyl sites for hydroxylation is 1. The van der Waals surface area contributed by atoms with Crippen LogP contribution in [-0.4, -0.2) is 29.4 Å². The molecular formula is C31H34N2O4S. The van der Waals surface area contributed by atoms with Gasteiger partial charge in [0.1, 0.15) is 5.75 Å². The first-order valence-corrected chi connectivity index (χ1v) is 14.0. The molecule has 0 aliphatic rings. The molecule has 0 saturated heterocycles. The Kier molecular flexibility index (Phi) is 12.7. The summed E-state index contributed by atoms with van der Waals surface area (Å²) in [4.78, 5) is 12.8. The van der Waals surface area contributed by atoms with E-state index in [0.29, 0.717) is 24.8 Å². The normalized spacial score (nSPS) is 10.1. The van der Waals surface area contributed by atoms with Gasteiger partial charge in [0.25, 0.3) is 5.89 Å². The zero-order valence-corrected chi connectivity index (χ0v) is 22.8. The lowest BCUT2D eigenvalue weighted by molar-refractivity contribution is -0.137. The van der Waals surface area contributed by atoms with Crippen molar-refractivity contribution in [3.05, 3.63) is 76.2 Å². The van der Waals surface area contributed by atoms with Crippen molar-refractivity contribution in [3.63, 3.8) is 0 Å². The zero-order chi connectivity index (χ0) is 26.8. The molecule has 3 aromatic rings. The first-order chi connectivity index (χ1) is 18.7. The second-order valence-corrected chi connectivity index (χ2v) is 9.72. The van der Waals surface area contributed by atoms with E-state index in [1.165, 1.54) is 43.1 Å². The fraction of sp³-hybridized carbons (Fsp3) is 0.387. The van der Waals surface area contributed by atoms with Gasteiger partial charge in [-0.25, -0.2) is 4.79 Å². The number of carbonyl (C=O) groups excluding carboxylic acids is 1. The molecule has 0 saturated carbocycles. The SMILES string of the molecule is C=CC(=O)OCCCCCc1nnc(C#Cc2ccc(C#Cc3ccc(OCCCCCCC)cc3)s2)o1. The molecule has 3 rings (SSSR count). The van der Waals surface area contributed by atoms with Gasteiger partial charge in [0.15, 0.2) is 0 Å². The topological polar surface area (TPSA) is 74.5 Å². The van der Waals surface area contributed by atoms with E-state index in [1.807, 2.05) is 36.4 Å². The third kappa shape index (κ3) is 11.1. The number of carbonyl (C=O) groups is 1. The molecular weight excluding hydrogens is 496 g/mol. The minimum absolute atomic E-state index is 0.296. The molecule has 6 nitrogen and oxygen atoms in total. The molecule has 0 aliphatic carbocycles. The van der Waals surface area contributed by atoms with Crippen LogP contribution < -0.4 is 4.74 Å². The number of thiophene rings is 1. The summed E-state index contributed by atoms with van der Waals surface area (Å²) in [5, 5.41) is 8.05. The van der Waals surface area contributed by atoms with E-state index in [9.17, 15) is 4.79 Å². The molecule has 0 amide bonds. The number of hydrogen-bond acceptors (Lipinski definition) is 7. The summed E-state index contributed by atoms with van der Waals surface area (Å²) < 4.78 is 16.4. The highest BCUT2D eigenvalue weighted by atomic mass is 32.1. The van der Waals surface area contributed by atoms with Gasteiger partial charge in [0, 0.05) is 24.0 Å². The Morgan fingerprint density at radius 2 is 1.61 bits per heavy atom. The van der Waals surface area contributed by atoms with Crippen LogP contribution in [0.3, 0.4) is 0 Å². The van der Waals surface area contributed by atoms with E-state index in [0.717, 1.165) is 53.4 Å². The number of nitrogens with zero attached hydrogens (tertiary/aromatic N) is 2. The van der Waals surface area contributed by atoms with Gasteiger partial charge in [-0.15, -0.1) is 16.4 Å². The highest BCUT2D eigenvalue weighted by molar-refractivity contribution is 7.13. The third-order valence-electron chi connectivity index (χ3n) is 5.51. The fourth-order valence-corrected chi connectivity index (χ4v) is 4.16. The van der Waals surface area contributed by atoms with Gasteiger partial charge in [-0.1, -0.05) is 56.1 Å². The summed E-state index contributed by atoms with van der Waals surface area (Å²) in [6.45, 7) is 6.74. The van der Waals surface area contributed by atoms with Gasteiger partial charge in [-0.05, 0) is 68.0 Å². The van der Waals surface area contributed by atoms with Crippen molar-refractivity contribution in [3.8, 4) is 29.4 Å². The van der Waals surface area contributed by atoms with Crippen LogP contribution in [0.5, 0.6) is 5.75 Å². The van der Waals surface area contributed by atoms with Crippen molar-refractivity contribution >= 4 is 17.3 Å². The molecule has 1 aromatic carbocycles. The van der Waals surface area contributed by atoms with Crippen LogP contribution in [0, 0.1) is 23.7 Å². The summed E-state index contributed by atoms with van der Waals surface area (Å²) in [5.41, 5.74) is 0.942. The Bertz CT molecular complexity index is 1270. The van der Waals surface area contributed by atoms with Crippen molar-refractivity contribution < 1.29 is 18.7 Å². The highest BCUT2D eigenvalue weighted by Gasteiger charge is 2.04. The standard InChI is InChI=1S/C31H34N2O4S/c1-3-5-6-7-10-23-35-26-16-13-25(14-17-26)15-18-27-19-20-28(38-27)21-22-30-33-32-29(37-30)12-9-8-11-24-36-31(34)4-2/h4,13-14,16-17,19-20H,2-3,5-12,23-24H2,1H3. The van der Waals surface area contributed by atoms with Crippen LogP contribution in [0.1, 0.15) is 85.4 Å². The Labute approximate surface area is 229 Å². The van der Waals surface area contributed by atoms with Gasteiger partial charge in [-0.2, -0.15) is 0 Å². The van der Waals surface area contributed by atoms with E-state index < -0.39 is 5.97 Å². The van der Waals surface area contributed by atoms with E-state index in [4.69, 9.17) is 13.9 Å². The molecule has 0 atom stereocenters. The molecule has 0 bridgehead atoms. The molecule has 0 N–H and O–H groups in total. The molecule has 38 heavy (non-hydrogen) atoms. The van der Waals surface area contributed by atoms with Crippen LogP contribution in [0.15, 0.2) is 53.5 Å². The first kappa shape index (κ1) is 28.8. The molecule has 7 heteroatoms. The van der Waals surface area contributed by atoms with Gasteiger partial charge < -0.3 is 13.9 Å². The molecule has 0 spiro atoms. The average Bonchev–Trinajstić information content (AvgIpc) is 3.60.